The molecule has 8 heteroatoms. The van der Waals surface area contributed by atoms with Gasteiger partial charge in [0.15, 0.2) is 9.84 Å². The second-order valence-corrected chi connectivity index (χ2v) is 7.53. The molecule has 1 aliphatic heterocycles. The Morgan fingerprint density at radius 3 is 2.74 bits per heavy atom. The van der Waals surface area contributed by atoms with Gasteiger partial charge in [0.1, 0.15) is 5.76 Å². The van der Waals surface area contributed by atoms with Crippen molar-refractivity contribution in [1.29, 1.82) is 0 Å². The van der Waals surface area contributed by atoms with Gasteiger partial charge in [-0.05, 0) is 31.0 Å². The van der Waals surface area contributed by atoms with Crippen LogP contribution in [0.3, 0.4) is 0 Å². The molecule has 0 spiro atoms. The molecule has 2 heterocycles. The van der Waals surface area contributed by atoms with Gasteiger partial charge < -0.3 is 9.32 Å². The maximum absolute atomic E-state index is 12.1. The molecule has 1 aromatic carbocycles. The van der Waals surface area contributed by atoms with Crippen molar-refractivity contribution in [2.45, 2.75) is 23.8 Å². The molecule has 122 valence electrons. The average molecular weight is 336 g/mol. The summed E-state index contributed by atoms with van der Waals surface area (Å²) in [5.41, 5.74) is 0.250. The molecule has 3 rings (SSSR count). The molecule has 0 radical (unpaired) electrons. The monoisotopic (exact) mass is 336 g/mol. The van der Waals surface area contributed by atoms with E-state index < -0.39 is 14.8 Å². The number of nitrogens with zero attached hydrogens (tertiary/aromatic N) is 2. The van der Waals surface area contributed by atoms with Gasteiger partial charge in [0.25, 0.3) is 5.69 Å². The standard InChI is InChI=1S/C15H16N2O5S/c1-23(20,21)15-10-11(17(18)19)6-7-13(15)16-8-2-4-12(16)14-5-3-9-22-14/h3,5-7,9-10,12H,2,4,8H2,1H3. The van der Waals surface area contributed by atoms with E-state index in [0.29, 0.717) is 12.2 Å². The lowest BCUT2D eigenvalue weighted by atomic mass is 10.1. The molecular formula is C15H16N2O5S. The number of nitro benzene ring substituents is 1. The van der Waals surface area contributed by atoms with Crippen LogP contribution in [0.1, 0.15) is 24.6 Å². The molecule has 0 aliphatic carbocycles. The van der Waals surface area contributed by atoms with Crippen LogP contribution in [0.2, 0.25) is 0 Å². The highest BCUT2D eigenvalue weighted by Gasteiger charge is 2.32. The molecule has 0 bridgehead atoms. The number of furan rings is 1. The third-order valence-corrected chi connectivity index (χ3v) is 5.11. The van der Waals surface area contributed by atoms with E-state index in [9.17, 15) is 18.5 Å². The van der Waals surface area contributed by atoms with Gasteiger partial charge in [-0.15, -0.1) is 0 Å². The van der Waals surface area contributed by atoms with Crippen LogP contribution in [0, 0.1) is 10.1 Å². The van der Waals surface area contributed by atoms with Crippen molar-refractivity contribution in [3.05, 3.63) is 52.5 Å². The number of hydrogen-bond donors (Lipinski definition) is 0. The number of sulfone groups is 1. The van der Waals surface area contributed by atoms with E-state index in [1.165, 1.54) is 12.1 Å². The quantitative estimate of drug-likeness (QED) is 0.629. The molecule has 0 amide bonds. The van der Waals surface area contributed by atoms with Gasteiger partial charge in [-0.1, -0.05) is 0 Å². The van der Waals surface area contributed by atoms with Crippen LogP contribution in [-0.4, -0.2) is 26.1 Å². The second-order valence-electron chi connectivity index (χ2n) is 5.55. The number of hydrogen-bond acceptors (Lipinski definition) is 6. The zero-order valence-corrected chi connectivity index (χ0v) is 13.3. The van der Waals surface area contributed by atoms with Gasteiger partial charge in [-0.3, -0.25) is 10.1 Å². The molecule has 1 fully saturated rings. The molecule has 1 atom stereocenters. The Labute approximate surface area is 133 Å². The van der Waals surface area contributed by atoms with Crippen molar-refractivity contribution >= 4 is 21.2 Å². The molecule has 2 aromatic rings. The van der Waals surface area contributed by atoms with E-state index in [0.717, 1.165) is 30.9 Å². The zero-order chi connectivity index (χ0) is 16.6. The summed E-state index contributed by atoms with van der Waals surface area (Å²) in [5.74, 6) is 0.764. The van der Waals surface area contributed by atoms with Crippen molar-refractivity contribution < 1.29 is 17.8 Å². The lowest BCUT2D eigenvalue weighted by molar-refractivity contribution is -0.385. The predicted octanol–water partition coefficient (Wildman–Crippen LogP) is 2.93. The number of non-ortho nitro benzene ring substituents is 1. The third kappa shape index (κ3) is 2.94. The first kappa shape index (κ1) is 15.5. The summed E-state index contributed by atoms with van der Waals surface area (Å²) >= 11 is 0. The molecular weight excluding hydrogens is 320 g/mol. The van der Waals surface area contributed by atoms with Crippen molar-refractivity contribution in [1.82, 2.24) is 0 Å². The smallest absolute Gasteiger partial charge is 0.270 e. The number of benzene rings is 1. The van der Waals surface area contributed by atoms with E-state index in [1.54, 1.807) is 12.3 Å². The average Bonchev–Trinajstić information content (AvgIpc) is 3.16. The Morgan fingerprint density at radius 2 is 2.13 bits per heavy atom. The summed E-state index contributed by atoms with van der Waals surface area (Å²) in [7, 11) is -3.60. The Morgan fingerprint density at radius 1 is 1.35 bits per heavy atom. The Balaban J connectivity index is 2.10. The predicted molar refractivity (Wildman–Crippen MR) is 84.2 cm³/mol. The summed E-state index contributed by atoms with van der Waals surface area (Å²) in [6.07, 6.45) is 4.38. The van der Waals surface area contributed by atoms with E-state index in [2.05, 4.69) is 0 Å². The van der Waals surface area contributed by atoms with Crippen molar-refractivity contribution in [3.8, 4) is 0 Å². The molecule has 1 aromatic heterocycles. The first-order valence-electron chi connectivity index (χ1n) is 7.16. The third-order valence-electron chi connectivity index (χ3n) is 3.99. The van der Waals surface area contributed by atoms with Crippen LogP contribution in [0.4, 0.5) is 11.4 Å². The molecule has 1 aliphatic rings. The van der Waals surface area contributed by atoms with E-state index in [1.807, 2.05) is 11.0 Å². The summed E-state index contributed by atoms with van der Waals surface area (Å²) in [4.78, 5) is 12.3. The number of anilines is 1. The lowest BCUT2D eigenvalue weighted by Gasteiger charge is -2.27. The summed E-state index contributed by atoms with van der Waals surface area (Å²) < 4.78 is 29.7. The van der Waals surface area contributed by atoms with Crippen LogP contribution in [0.25, 0.3) is 0 Å². The molecule has 1 unspecified atom stereocenters. The van der Waals surface area contributed by atoms with E-state index in [4.69, 9.17) is 4.42 Å². The minimum atomic E-state index is -3.60. The highest BCUT2D eigenvalue weighted by Crippen LogP contribution is 2.40. The van der Waals surface area contributed by atoms with Crippen molar-refractivity contribution in [3.63, 3.8) is 0 Å². The summed E-state index contributed by atoms with van der Waals surface area (Å²) in [5, 5.41) is 10.9. The van der Waals surface area contributed by atoms with Gasteiger partial charge in [0.05, 0.1) is 27.8 Å². The highest BCUT2D eigenvalue weighted by atomic mass is 32.2. The van der Waals surface area contributed by atoms with Crippen molar-refractivity contribution in [2.75, 3.05) is 17.7 Å². The van der Waals surface area contributed by atoms with Crippen LogP contribution in [0.15, 0.2) is 45.9 Å². The van der Waals surface area contributed by atoms with Gasteiger partial charge in [0.2, 0.25) is 0 Å². The maximum atomic E-state index is 12.1. The zero-order valence-electron chi connectivity index (χ0n) is 12.5. The van der Waals surface area contributed by atoms with Crippen molar-refractivity contribution in [2.24, 2.45) is 0 Å². The summed E-state index contributed by atoms with van der Waals surface area (Å²) in [6, 6.07) is 7.56. The minimum absolute atomic E-state index is 0.0230. The lowest BCUT2D eigenvalue weighted by Crippen LogP contribution is -2.24. The fourth-order valence-electron chi connectivity index (χ4n) is 2.98. The molecule has 0 N–H and O–H groups in total. The van der Waals surface area contributed by atoms with Gasteiger partial charge in [-0.25, -0.2) is 8.42 Å². The number of rotatable bonds is 4. The topological polar surface area (TPSA) is 93.7 Å². The molecule has 23 heavy (non-hydrogen) atoms. The maximum Gasteiger partial charge on any atom is 0.270 e. The normalized spacial score (nSPS) is 18.3. The fourth-order valence-corrected chi connectivity index (χ4v) is 3.88. The van der Waals surface area contributed by atoms with E-state index >= 15 is 0 Å². The van der Waals surface area contributed by atoms with Crippen LogP contribution < -0.4 is 4.90 Å². The van der Waals surface area contributed by atoms with Gasteiger partial charge in [-0.2, -0.15) is 0 Å². The fraction of sp³-hybridized carbons (Fsp3) is 0.333. The molecule has 7 nitrogen and oxygen atoms in total. The Bertz CT molecular complexity index is 830. The number of nitro groups is 1. The van der Waals surface area contributed by atoms with Gasteiger partial charge >= 0.3 is 0 Å². The minimum Gasteiger partial charge on any atom is -0.467 e. The molecule has 0 saturated carbocycles. The second kappa shape index (κ2) is 5.69. The first-order chi connectivity index (χ1) is 10.9. The Kier molecular flexibility index (Phi) is 3.85. The largest absolute Gasteiger partial charge is 0.467 e. The first-order valence-corrected chi connectivity index (χ1v) is 9.05. The van der Waals surface area contributed by atoms with Crippen LogP contribution >= 0.6 is 0 Å². The van der Waals surface area contributed by atoms with Crippen LogP contribution in [-0.2, 0) is 9.84 Å². The highest BCUT2D eigenvalue weighted by molar-refractivity contribution is 7.90. The SMILES string of the molecule is CS(=O)(=O)c1cc([N+](=O)[O-])ccc1N1CCCC1c1ccco1. The molecule has 1 saturated heterocycles. The van der Waals surface area contributed by atoms with E-state index in [-0.39, 0.29) is 16.6 Å². The van der Waals surface area contributed by atoms with Gasteiger partial charge in [0, 0.05) is 24.9 Å². The van der Waals surface area contributed by atoms with Crippen LogP contribution in [0.5, 0.6) is 0 Å². The summed E-state index contributed by atoms with van der Waals surface area (Å²) in [6.45, 7) is 0.672. The Hall–Kier alpha value is -2.35.